The molecule has 2 rings (SSSR count). The Labute approximate surface area is 113 Å². The van der Waals surface area contributed by atoms with Crippen LogP contribution in [0, 0.1) is 0 Å². The van der Waals surface area contributed by atoms with Gasteiger partial charge in [0.05, 0.1) is 5.56 Å². The number of carbonyl (C=O) groups is 1. The summed E-state index contributed by atoms with van der Waals surface area (Å²) >= 11 is 1.99. The van der Waals surface area contributed by atoms with E-state index in [0.717, 1.165) is 17.7 Å². The van der Waals surface area contributed by atoms with Crippen LogP contribution in [0.5, 0.6) is 0 Å². The Bertz CT molecular complexity index is 434. The fourth-order valence-electron chi connectivity index (χ4n) is 2.16. The Hall–Kier alpha value is -1.16. The molecule has 1 saturated heterocycles. The first kappa shape index (κ1) is 13.3. The summed E-state index contributed by atoms with van der Waals surface area (Å²) in [6.45, 7) is 2.24. The van der Waals surface area contributed by atoms with Crippen molar-refractivity contribution in [3.05, 3.63) is 29.8 Å². The van der Waals surface area contributed by atoms with Crippen molar-refractivity contribution in [2.24, 2.45) is 0 Å². The van der Waals surface area contributed by atoms with Crippen LogP contribution in [0.4, 0.5) is 5.69 Å². The lowest BCUT2D eigenvalue weighted by Gasteiger charge is -2.21. The highest BCUT2D eigenvalue weighted by Gasteiger charge is 2.25. The highest BCUT2D eigenvalue weighted by molar-refractivity contribution is 8.00. The zero-order valence-corrected chi connectivity index (χ0v) is 12.0. The van der Waals surface area contributed by atoms with Crippen LogP contribution in [-0.4, -0.2) is 41.9 Å². The summed E-state index contributed by atoms with van der Waals surface area (Å²) in [7, 11) is 3.57. The van der Waals surface area contributed by atoms with Crippen molar-refractivity contribution in [1.29, 1.82) is 0 Å². The van der Waals surface area contributed by atoms with Gasteiger partial charge in [-0.05, 0) is 24.3 Å². The number of para-hydroxylation sites is 1. The average molecular weight is 264 g/mol. The number of anilines is 1. The lowest BCUT2D eigenvalue weighted by molar-refractivity contribution is 0.0828. The third kappa shape index (κ3) is 2.80. The van der Waals surface area contributed by atoms with Crippen LogP contribution < -0.4 is 5.32 Å². The van der Waals surface area contributed by atoms with Crippen molar-refractivity contribution in [3.8, 4) is 0 Å². The van der Waals surface area contributed by atoms with E-state index in [9.17, 15) is 4.79 Å². The highest BCUT2D eigenvalue weighted by Crippen LogP contribution is 2.30. The molecule has 2 atom stereocenters. The van der Waals surface area contributed by atoms with Crippen LogP contribution in [0.3, 0.4) is 0 Å². The zero-order valence-electron chi connectivity index (χ0n) is 11.1. The predicted molar refractivity (Wildman–Crippen MR) is 78.4 cm³/mol. The number of thioether (sulfide) groups is 1. The topological polar surface area (TPSA) is 32.3 Å². The fraction of sp³-hybridized carbons (Fsp3) is 0.500. The van der Waals surface area contributed by atoms with E-state index in [0.29, 0.717) is 11.3 Å². The molecule has 0 spiro atoms. The summed E-state index contributed by atoms with van der Waals surface area (Å²) in [5.74, 6) is 1.25. The van der Waals surface area contributed by atoms with Gasteiger partial charge >= 0.3 is 0 Å². The second-order valence-electron chi connectivity index (χ2n) is 4.86. The molecule has 0 bridgehead atoms. The molecule has 1 amide bonds. The van der Waals surface area contributed by atoms with Crippen LogP contribution in [0.2, 0.25) is 0 Å². The van der Waals surface area contributed by atoms with E-state index in [2.05, 4.69) is 12.2 Å². The Morgan fingerprint density at radius 2 is 2.11 bits per heavy atom. The Morgan fingerprint density at radius 3 is 2.72 bits per heavy atom. The largest absolute Gasteiger partial charge is 0.381 e. The van der Waals surface area contributed by atoms with Crippen molar-refractivity contribution in [1.82, 2.24) is 4.90 Å². The van der Waals surface area contributed by atoms with Crippen molar-refractivity contribution in [2.75, 3.05) is 25.2 Å². The van der Waals surface area contributed by atoms with Crippen molar-refractivity contribution in [2.45, 2.75) is 24.6 Å². The Morgan fingerprint density at radius 1 is 1.39 bits per heavy atom. The summed E-state index contributed by atoms with van der Waals surface area (Å²) in [6, 6.07) is 8.23. The minimum absolute atomic E-state index is 0.0522. The van der Waals surface area contributed by atoms with Gasteiger partial charge < -0.3 is 10.2 Å². The van der Waals surface area contributed by atoms with Crippen LogP contribution in [0.1, 0.15) is 23.7 Å². The molecule has 2 unspecified atom stereocenters. The van der Waals surface area contributed by atoms with E-state index in [1.54, 1.807) is 19.0 Å². The van der Waals surface area contributed by atoms with E-state index >= 15 is 0 Å². The van der Waals surface area contributed by atoms with Crippen molar-refractivity contribution in [3.63, 3.8) is 0 Å². The summed E-state index contributed by atoms with van der Waals surface area (Å²) in [5, 5.41) is 4.13. The lowest BCUT2D eigenvalue weighted by Crippen LogP contribution is -2.28. The molecule has 0 aromatic heterocycles. The van der Waals surface area contributed by atoms with Crippen molar-refractivity contribution < 1.29 is 4.79 Å². The molecule has 1 aliphatic heterocycles. The van der Waals surface area contributed by atoms with E-state index in [-0.39, 0.29) is 5.91 Å². The maximum absolute atomic E-state index is 12.1. The smallest absolute Gasteiger partial charge is 0.255 e. The summed E-state index contributed by atoms with van der Waals surface area (Å²) in [6.07, 6.45) is 1.16. The molecule has 1 N–H and O–H groups in total. The van der Waals surface area contributed by atoms with Crippen LogP contribution in [-0.2, 0) is 0 Å². The summed E-state index contributed by atoms with van der Waals surface area (Å²) in [5.41, 5.74) is 1.71. The van der Waals surface area contributed by atoms with Gasteiger partial charge in [-0.3, -0.25) is 4.79 Å². The number of nitrogens with zero attached hydrogens (tertiary/aromatic N) is 1. The van der Waals surface area contributed by atoms with Gasteiger partial charge in [0.2, 0.25) is 0 Å². The molecule has 0 radical (unpaired) electrons. The molecule has 0 saturated carbocycles. The average Bonchev–Trinajstić information content (AvgIpc) is 2.75. The first-order valence-electron chi connectivity index (χ1n) is 6.28. The third-order valence-electron chi connectivity index (χ3n) is 3.28. The van der Waals surface area contributed by atoms with Gasteiger partial charge in [-0.25, -0.2) is 0 Å². The SMILES string of the molecule is CC1SCCC1Nc1ccccc1C(=O)N(C)C. The molecular formula is C14H20N2OS. The van der Waals surface area contributed by atoms with Gasteiger partial charge in [0.1, 0.15) is 0 Å². The Kier molecular flexibility index (Phi) is 4.17. The number of rotatable bonds is 3. The molecule has 1 aromatic carbocycles. The van der Waals surface area contributed by atoms with Gasteiger partial charge in [0.25, 0.3) is 5.91 Å². The van der Waals surface area contributed by atoms with Gasteiger partial charge in [-0.15, -0.1) is 0 Å². The third-order valence-corrected chi connectivity index (χ3v) is 4.61. The van der Waals surface area contributed by atoms with Gasteiger partial charge in [-0.2, -0.15) is 11.8 Å². The lowest BCUT2D eigenvalue weighted by atomic mass is 10.1. The molecule has 0 aliphatic carbocycles. The monoisotopic (exact) mass is 264 g/mol. The summed E-state index contributed by atoms with van der Waals surface area (Å²) in [4.78, 5) is 13.7. The second-order valence-corrected chi connectivity index (χ2v) is 6.35. The van der Waals surface area contributed by atoms with Crippen molar-refractivity contribution >= 4 is 23.4 Å². The molecule has 1 fully saturated rings. The molecule has 98 valence electrons. The van der Waals surface area contributed by atoms with Gasteiger partial charge in [0, 0.05) is 31.1 Å². The van der Waals surface area contributed by atoms with Crippen LogP contribution in [0.25, 0.3) is 0 Å². The molecule has 18 heavy (non-hydrogen) atoms. The second kappa shape index (κ2) is 5.65. The van der Waals surface area contributed by atoms with E-state index in [1.807, 2.05) is 36.0 Å². The molecule has 1 aromatic rings. The van der Waals surface area contributed by atoms with E-state index < -0.39 is 0 Å². The highest BCUT2D eigenvalue weighted by atomic mass is 32.2. The first-order valence-corrected chi connectivity index (χ1v) is 7.33. The van der Waals surface area contributed by atoms with E-state index in [4.69, 9.17) is 0 Å². The standard InChI is InChI=1S/C14H20N2OS/c1-10-12(8-9-18-10)15-13-7-5-4-6-11(13)14(17)16(2)3/h4-7,10,12,15H,8-9H2,1-3H3. The molecule has 1 heterocycles. The zero-order chi connectivity index (χ0) is 13.1. The van der Waals surface area contributed by atoms with Gasteiger partial charge in [-0.1, -0.05) is 19.1 Å². The number of hydrogen-bond acceptors (Lipinski definition) is 3. The van der Waals surface area contributed by atoms with Gasteiger partial charge in [0.15, 0.2) is 0 Å². The predicted octanol–water partition coefficient (Wildman–Crippen LogP) is 2.69. The number of hydrogen-bond donors (Lipinski definition) is 1. The maximum atomic E-state index is 12.1. The number of carbonyl (C=O) groups excluding carboxylic acids is 1. The minimum Gasteiger partial charge on any atom is -0.381 e. The number of nitrogens with one attached hydrogen (secondary N) is 1. The normalized spacial score (nSPS) is 22.8. The maximum Gasteiger partial charge on any atom is 0.255 e. The minimum atomic E-state index is 0.0522. The molecule has 4 heteroatoms. The quantitative estimate of drug-likeness (QED) is 0.911. The number of amides is 1. The molecule has 1 aliphatic rings. The molecular weight excluding hydrogens is 244 g/mol. The Balaban J connectivity index is 2.19. The van der Waals surface area contributed by atoms with Crippen LogP contribution >= 0.6 is 11.8 Å². The fourth-order valence-corrected chi connectivity index (χ4v) is 3.36. The van der Waals surface area contributed by atoms with E-state index in [1.165, 1.54) is 5.75 Å². The van der Waals surface area contributed by atoms with Crippen LogP contribution in [0.15, 0.2) is 24.3 Å². The first-order chi connectivity index (χ1) is 8.59. The molecule has 3 nitrogen and oxygen atoms in total. The number of benzene rings is 1. The summed E-state index contributed by atoms with van der Waals surface area (Å²) < 4.78 is 0.